The molecule has 0 fully saturated rings. The highest BCUT2D eigenvalue weighted by Crippen LogP contribution is 2.24. The summed E-state index contributed by atoms with van der Waals surface area (Å²) in [5, 5.41) is 6.10. The number of carbonyl (C=O) groups is 1. The highest BCUT2D eigenvalue weighted by atomic mass is 16.5. The lowest BCUT2D eigenvalue weighted by molar-refractivity contribution is -0.121. The molecule has 1 rings (SSSR count). The Morgan fingerprint density at radius 2 is 2.00 bits per heavy atom. The molecule has 0 bridgehead atoms. The average molecular weight is 280 g/mol. The Morgan fingerprint density at radius 3 is 2.60 bits per heavy atom. The summed E-state index contributed by atoms with van der Waals surface area (Å²) in [6.07, 6.45) is 0.469. The van der Waals surface area contributed by atoms with Crippen LogP contribution in [0.25, 0.3) is 0 Å². The van der Waals surface area contributed by atoms with Crippen molar-refractivity contribution in [1.29, 1.82) is 0 Å². The maximum Gasteiger partial charge on any atom is 0.221 e. The molecular formula is C15H24N2O3. The summed E-state index contributed by atoms with van der Waals surface area (Å²) in [4.78, 5) is 11.7. The molecule has 112 valence electrons. The standard InChI is InChI=1S/C15H24N2O3/c1-11(2)16-8-7-15(18)17-10-12-5-6-13(19-3)9-14(12)20-4/h5-6,9,11,16H,7-8,10H2,1-4H3,(H,17,18). The second kappa shape index (κ2) is 8.43. The fourth-order valence-corrected chi connectivity index (χ4v) is 1.75. The zero-order valence-electron chi connectivity index (χ0n) is 12.7. The second-order valence-electron chi connectivity index (χ2n) is 4.81. The summed E-state index contributed by atoms with van der Waals surface area (Å²) >= 11 is 0. The number of hydrogen-bond donors (Lipinski definition) is 2. The van der Waals surface area contributed by atoms with Gasteiger partial charge in [-0.1, -0.05) is 13.8 Å². The third-order valence-electron chi connectivity index (χ3n) is 2.87. The first-order chi connectivity index (χ1) is 9.56. The molecule has 1 aromatic carbocycles. The van der Waals surface area contributed by atoms with Crippen LogP contribution in [0.2, 0.25) is 0 Å². The molecule has 0 aliphatic heterocycles. The first-order valence-corrected chi connectivity index (χ1v) is 6.77. The predicted molar refractivity (Wildman–Crippen MR) is 79.1 cm³/mol. The number of rotatable bonds is 8. The molecule has 0 aromatic heterocycles. The summed E-state index contributed by atoms with van der Waals surface area (Å²) in [5.74, 6) is 1.47. The van der Waals surface area contributed by atoms with Crippen LogP contribution in [0.3, 0.4) is 0 Å². The molecule has 0 saturated carbocycles. The molecule has 0 radical (unpaired) electrons. The number of amides is 1. The minimum Gasteiger partial charge on any atom is -0.497 e. The lowest BCUT2D eigenvalue weighted by Crippen LogP contribution is -2.30. The molecule has 0 spiro atoms. The van der Waals surface area contributed by atoms with Gasteiger partial charge in [-0.05, 0) is 12.1 Å². The van der Waals surface area contributed by atoms with Crippen molar-refractivity contribution in [3.05, 3.63) is 23.8 Å². The smallest absolute Gasteiger partial charge is 0.221 e. The van der Waals surface area contributed by atoms with E-state index in [9.17, 15) is 4.79 Å². The molecule has 0 atom stereocenters. The van der Waals surface area contributed by atoms with Crippen LogP contribution in [0.15, 0.2) is 18.2 Å². The fourth-order valence-electron chi connectivity index (χ4n) is 1.75. The van der Waals surface area contributed by atoms with Gasteiger partial charge in [0.05, 0.1) is 14.2 Å². The van der Waals surface area contributed by atoms with Crippen LogP contribution in [-0.2, 0) is 11.3 Å². The highest BCUT2D eigenvalue weighted by Gasteiger charge is 2.07. The van der Waals surface area contributed by atoms with Crippen molar-refractivity contribution in [2.75, 3.05) is 20.8 Å². The van der Waals surface area contributed by atoms with E-state index in [1.165, 1.54) is 0 Å². The minimum atomic E-state index is 0.0241. The Kier molecular flexibility index (Phi) is 6.87. The molecule has 0 aliphatic rings. The van der Waals surface area contributed by atoms with Gasteiger partial charge in [0.2, 0.25) is 5.91 Å². The van der Waals surface area contributed by atoms with Gasteiger partial charge in [0.1, 0.15) is 11.5 Å². The van der Waals surface area contributed by atoms with E-state index in [-0.39, 0.29) is 5.91 Å². The molecule has 0 heterocycles. The molecule has 0 unspecified atom stereocenters. The summed E-state index contributed by atoms with van der Waals surface area (Å²) < 4.78 is 10.4. The van der Waals surface area contributed by atoms with E-state index in [0.717, 1.165) is 11.3 Å². The normalized spacial score (nSPS) is 10.4. The van der Waals surface area contributed by atoms with Gasteiger partial charge >= 0.3 is 0 Å². The van der Waals surface area contributed by atoms with Gasteiger partial charge in [-0.15, -0.1) is 0 Å². The molecule has 5 nitrogen and oxygen atoms in total. The number of benzene rings is 1. The van der Waals surface area contributed by atoms with E-state index in [2.05, 4.69) is 24.5 Å². The van der Waals surface area contributed by atoms with Crippen molar-refractivity contribution >= 4 is 5.91 Å². The Labute approximate surface area is 120 Å². The van der Waals surface area contributed by atoms with Crippen LogP contribution in [0.1, 0.15) is 25.8 Å². The monoisotopic (exact) mass is 280 g/mol. The van der Waals surface area contributed by atoms with Gasteiger partial charge < -0.3 is 20.1 Å². The van der Waals surface area contributed by atoms with Gasteiger partial charge in [0.25, 0.3) is 0 Å². The molecular weight excluding hydrogens is 256 g/mol. The third-order valence-corrected chi connectivity index (χ3v) is 2.87. The van der Waals surface area contributed by atoms with Crippen molar-refractivity contribution in [3.8, 4) is 11.5 Å². The Morgan fingerprint density at radius 1 is 1.25 bits per heavy atom. The second-order valence-corrected chi connectivity index (χ2v) is 4.81. The van der Waals surface area contributed by atoms with Crippen molar-refractivity contribution in [2.24, 2.45) is 0 Å². The number of nitrogens with one attached hydrogen (secondary N) is 2. The summed E-state index contributed by atoms with van der Waals surface area (Å²) in [6, 6.07) is 5.95. The minimum absolute atomic E-state index is 0.0241. The molecule has 2 N–H and O–H groups in total. The Bertz CT molecular complexity index is 433. The van der Waals surface area contributed by atoms with E-state index >= 15 is 0 Å². The highest BCUT2D eigenvalue weighted by molar-refractivity contribution is 5.76. The molecule has 1 amide bonds. The van der Waals surface area contributed by atoms with Crippen molar-refractivity contribution in [1.82, 2.24) is 10.6 Å². The quantitative estimate of drug-likeness (QED) is 0.761. The number of methoxy groups -OCH3 is 2. The zero-order chi connectivity index (χ0) is 15.0. The SMILES string of the molecule is COc1ccc(CNC(=O)CCNC(C)C)c(OC)c1. The van der Waals surface area contributed by atoms with E-state index in [0.29, 0.717) is 31.3 Å². The first kappa shape index (κ1) is 16.3. The fraction of sp³-hybridized carbons (Fsp3) is 0.533. The predicted octanol–water partition coefficient (Wildman–Crippen LogP) is 1.71. The maximum atomic E-state index is 11.7. The zero-order valence-corrected chi connectivity index (χ0v) is 12.7. The third kappa shape index (κ3) is 5.48. The molecule has 20 heavy (non-hydrogen) atoms. The Hall–Kier alpha value is -1.75. The number of carbonyl (C=O) groups excluding carboxylic acids is 1. The summed E-state index contributed by atoms with van der Waals surface area (Å²) in [5.41, 5.74) is 0.929. The van der Waals surface area contributed by atoms with E-state index < -0.39 is 0 Å². The van der Waals surface area contributed by atoms with Crippen molar-refractivity contribution < 1.29 is 14.3 Å². The van der Waals surface area contributed by atoms with Crippen molar-refractivity contribution in [2.45, 2.75) is 32.9 Å². The van der Waals surface area contributed by atoms with Crippen LogP contribution in [0.5, 0.6) is 11.5 Å². The molecule has 0 saturated heterocycles. The van der Waals surface area contributed by atoms with Crippen LogP contribution in [0.4, 0.5) is 0 Å². The molecule has 0 aliphatic carbocycles. The Balaban J connectivity index is 2.46. The van der Waals surface area contributed by atoms with Gasteiger partial charge in [-0.2, -0.15) is 0 Å². The maximum absolute atomic E-state index is 11.7. The van der Waals surface area contributed by atoms with E-state index in [1.54, 1.807) is 14.2 Å². The van der Waals surface area contributed by atoms with Crippen LogP contribution >= 0.6 is 0 Å². The van der Waals surface area contributed by atoms with Crippen LogP contribution in [-0.4, -0.2) is 32.7 Å². The van der Waals surface area contributed by atoms with E-state index in [4.69, 9.17) is 9.47 Å². The number of ether oxygens (including phenoxy) is 2. The van der Waals surface area contributed by atoms with Gasteiger partial charge in [-0.25, -0.2) is 0 Å². The van der Waals surface area contributed by atoms with E-state index in [1.807, 2.05) is 18.2 Å². The lowest BCUT2D eigenvalue weighted by Gasteiger charge is -2.12. The average Bonchev–Trinajstić information content (AvgIpc) is 2.44. The van der Waals surface area contributed by atoms with Crippen LogP contribution in [0, 0.1) is 0 Å². The van der Waals surface area contributed by atoms with Crippen molar-refractivity contribution in [3.63, 3.8) is 0 Å². The van der Waals surface area contributed by atoms with Gasteiger partial charge in [0, 0.05) is 37.2 Å². The van der Waals surface area contributed by atoms with Crippen LogP contribution < -0.4 is 20.1 Å². The largest absolute Gasteiger partial charge is 0.497 e. The lowest BCUT2D eigenvalue weighted by atomic mass is 10.2. The van der Waals surface area contributed by atoms with Gasteiger partial charge in [-0.3, -0.25) is 4.79 Å². The molecule has 1 aromatic rings. The topological polar surface area (TPSA) is 59.6 Å². The summed E-state index contributed by atoms with van der Waals surface area (Å²) in [6.45, 7) is 5.25. The first-order valence-electron chi connectivity index (χ1n) is 6.77. The summed E-state index contributed by atoms with van der Waals surface area (Å²) in [7, 11) is 3.21. The van der Waals surface area contributed by atoms with Gasteiger partial charge in [0.15, 0.2) is 0 Å². The molecule has 5 heteroatoms. The number of hydrogen-bond acceptors (Lipinski definition) is 4.